The lowest BCUT2D eigenvalue weighted by Gasteiger charge is -2.43. The van der Waals surface area contributed by atoms with Crippen LogP contribution in [-0.4, -0.2) is 71.4 Å². The molecule has 184 valence electrons. The van der Waals surface area contributed by atoms with Gasteiger partial charge >= 0.3 is 0 Å². The molecule has 0 saturated carbocycles. The molecule has 2 fully saturated rings. The standard InChI is InChI=1S/C28H30N6O2/c1-19(25-4-2-3-11-29-25)30-28(35)21-7-10-26-24(16-21)27(32-31-26)20-5-8-22(9-6-20)33-12-14-34(15-13-33)23-17-36-18-23/h2-11,16,19,23H,12-15,17-18H2,1H3,(H,30,35)(H,31,32)/t19-/m0/s1. The van der Waals surface area contributed by atoms with Crippen LogP contribution in [0.2, 0.25) is 0 Å². The van der Waals surface area contributed by atoms with E-state index in [0.29, 0.717) is 11.6 Å². The molecule has 4 heterocycles. The highest BCUT2D eigenvalue weighted by Crippen LogP contribution is 2.29. The lowest BCUT2D eigenvalue weighted by atomic mass is 10.0. The molecule has 8 heteroatoms. The van der Waals surface area contributed by atoms with Crippen molar-refractivity contribution in [2.45, 2.75) is 19.0 Å². The molecule has 1 atom stereocenters. The van der Waals surface area contributed by atoms with Crippen molar-refractivity contribution in [3.05, 3.63) is 78.1 Å². The zero-order chi connectivity index (χ0) is 24.5. The Balaban J connectivity index is 1.17. The van der Waals surface area contributed by atoms with Gasteiger partial charge in [-0.05, 0) is 49.4 Å². The van der Waals surface area contributed by atoms with Crippen LogP contribution < -0.4 is 10.2 Å². The average Bonchev–Trinajstić information content (AvgIpc) is 3.32. The SMILES string of the molecule is C[C@H](NC(=O)c1ccc2[nH]nc(-c3ccc(N4CCN(C5COC5)CC4)cc3)c2c1)c1ccccn1. The summed E-state index contributed by atoms with van der Waals surface area (Å²) in [6, 6.07) is 20.3. The predicted molar refractivity (Wildman–Crippen MR) is 140 cm³/mol. The number of pyridine rings is 1. The van der Waals surface area contributed by atoms with Crippen LogP contribution in [0, 0.1) is 0 Å². The fourth-order valence-electron chi connectivity index (χ4n) is 4.97. The summed E-state index contributed by atoms with van der Waals surface area (Å²) in [6.45, 7) is 7.88. The third-order valence-electron chi connectivity index (χ3n) is 7.26. The van der Waals surface area contributed by atoms with Crippen molar-refractivity contribution in [1.82, 2.24) is 25.4 Å². The Labute approximate surface area is 210 Å². The summed E-state index contributed by atoms with van der Waals surface area (Å²) in [7, 11) is 0. The first kappa shape index (κ1) is 22.7. The van der Waals surface area contributed by atoms with Crippen LogP contribution in [0.15, 0.2) is 66.9 Å². The second-order valence-corrected chi connectivity index (χ2v) is 9.54. The number of amides is 1. The number of carbonyl (C=O) groups excluding carboxylic acids is 1. The van der Waals surface area contributed by atoms with Crippen molar-refractivity contribution in [1.29, 1.82) is 0 Å². The summed E-state index contributed by atoms with van der Waals surface area (Å²) in [5, 5.41) is 11.6. The van der Waals surface area contributed by atoms with E-state index in [9.17, 15) is 4.79 Å². The summed E-state index contributed by atoms with van der Waals surface area (Å²) in [6.07, 6.45) is 1.73. The van der Waals surface area contributed by atoms with Crippen LogP contribution in [-0.2, 0) is 4.74 Å². The van der Waals surface area contributed by atoms with E-state index in [1.165, 1.54) is 5.69 Å². The highest BCUT2D eigenvalue weighted by atomic mass is 16.5. The van der Waals surface area contributed by atoms with Gasteiger partial charge in [-0.1, -0.05) is 18.2 Å². The number of piperazine rings is 1. The van der Waals surface area contributed by atoms with E-state index in [1.54, 1.807) is 6.20 Å². The van der Waals surface area contributed by atoms with E-state index in [4.69, 9.17) is 4.74 Å². The normalized spacial score (nSPS) is 17.6. The zero-order valence-corrected chi connectivity index (χ0v) is 20.4. The van der Waals surface area contributed by atoms with E-state index in [1.807, 2.05) is 43.3 Å². The van der Waals surface area contributed by atoms with Crippen molar-refractivity contribution in [3.8, 4) is 11.3 Å². The van der Waals surface area contributed by atoms with Crippen molar-refractivity contribution in [2.75, 3.05) is 44.3 Å². The molecular weight excluding hydrogens is 452 g/mol. The first-order chi connectivity index (χ1) is 17.7. The van der Waals surface area contributed by atoms with Crippen LogP contribution >= 0.6 is 0 Å². The third kappa shape index (κ3) is 4.45. The maximum atomic E-state index is 13.0. The van der Waals surface area contributed by atoms with Gasteiger partial charge < -0.3 is 15.0 Å². The Hall–Kier alpha value is -3.75. The van der Waals surface area contributed by atoms with Gasteiger partial charge in [-0.3, -0.25) is 19.8 Å². The Morgan fingerprint density at radius 3 is 2.56 bits per heavy atom. The molecule has 2 aromatic heterocycles. The van der Waals surface area contributed by atoms with E-state index in [2.05, 4.69) is 54.6 Å². The third-order valence-corrected chi connectivity index (χ3v) is 7.26. The molecule has 0 bridgehead atoms. The van der Waals surface area contributed by atoms with E-state index in [0.717, 1.165) is 67.2 Å². The molecule has 4 aromatic rings. The number of carbonyl (C=O) groups is 1. The van der Waals surface area contributed by atoms with Crippen LogP contribution in [0.4, 0.5) is 5.69 Å². The van der Waals surface area contributed by atoms with Crippen LogP contribution in [0.3, 0.4) is 0 Å². The number of anilines is 1. The smallest absolute Gasteiger partial charge is 0.251 e. The zero-order valence-electron chi connectivity index (χ0n) is 20.4. The molecule has 36 heavy (non-hydrogen) atoms. The molecular formula is C28H30N6O2. The predicted octanol–water partition coefficient (Wildman–Crippen LogP) is 3.64. The monoisotopic (exact) mass is 482 g/mol. The van der Waals surface area contributed by atoms with Crippen LogP contribution in [0.25, 0.3) is 22.2 Å². The van der Waals surface area contributed by atoms with Gasteiger partial charge in [-0.25, -0.2) is 0 Å². The Morgan fingerprint density at radius 2 is 1.86 bits per heavy atom. The molecule has 2 aromatic carbocycles. The molecule has 2 N–H and O–H groups in total. The topological polar surface area (TPSA) is 86.4 Å². The minimum absolute atomic E-state index is 0.134. The van der Waals surface area contributed by atoms with Crippen molar-refractivity contribution < 1.29 is 9.53 Å². The quantitative estimate of drug-likeness (QED) is 0.437. The first-order valence-corrected chi connectivity index (χ1v) is 12.5. The van der Waals surface area contributed by atoms with E-state index in [-0.39, 0.29) is 11.9 Å². The van der Waals surface area contributed by atoms with Gasteiger partial charge in [0.15, 0.2) is 0 Å². The van der Waals surface area contributed by atoms with Crippen LogP contribution in [0.1, 0.15) is 29.0 Å². The second kappa shape index (κ2) is 9.72. The number of aromatic amines is 1. The summed E-state index contributed by atoms with van der Waals surface area (Å²) < 4.78 is 5.35. The fraction of sp³-hybridized carbons (Fsp3) is 0.321. The highest BCUT2D eigenvalue weighted by Gasteiger charge is 2.28. The number of aromatic nitrogens is 3. The maximum Gasteiger partial charge on any atom is 0.251 e. The Morgan fingerprint density at radius 1 is 1.06 bits per heavy atom. The molecule has 8 nitrogen and oxygen atoms in total. The number of benzene rings is 2. The molecule has 0 unspecified atom stereocenters. The molecule has 0 aliphatic carbocycles. The molecule has 2 aliphatic rings. The summed E-state index contributed by atoms with van der Waals surface area (Å²) in [5.41, 5.74) is 5.42. The number of H-pyrrole nitrogens is 1. The summed E-state index contributed by atoms with van der Waals surface area (Å²) in [4.78, 5) is 22.3. The number of hydrogen-bond donors (Lipinski definition) is 2. The van der Waals surface area contributed by atoms with Gasteiger partial charge in [0.05, 0.1) is 42.2 Å². The number of hydrogen-bond acceptors (Lipinski definition) is 6. The van der Waals surface area contributed by atoms with E-state index >= 15 is 0 Å². The lowest BCUT2D eigenvalue weighted by Crippen LogP contribution is -2.56. The Kier molecular flexibility index (Phi) is 6.13. The van der Waals surface area contributed by atoms with Gasteiger partial charge in [-0.15, -0.1) is 0 Å². The first-order valence-electron chi connectivity index (χ1n) is 12.5. The minimum atomic E-state index is -0.185. The van der Waals surface area contributed by atoms with Gasteiger partial charge in [0.25, 0.3) is 5.91 Å². The number of rotatable bonds is 6. The molecule has 0 radical (unpaired) electrons. The average molecular weight is 483 g/mol. The number of fused-ring (bicyclic) bond motifs is 1. The summed E-state index contributed by atoms with van der Waals surface area (Å²) >= 11 is 0. The van der Waals surface area contributed by atoms with Gasteiger partial charge in [-0.2, -0.15) is 5.10 Å². The number of nitrogens with zero attached hydrogens (tertiary/aromatic N) is 4. The van der Waals surface area contributed by atoms with E-state index < -0.39 is 0 Å². The van der Waals surface area contributed by atoms with Gasteiger partial charge in [0.1, 0.15) is 0 Å². The number of ether oxygens (including phenoxy) is 1. The lowest BCUT2D eigenvalue weighted by molar-refractivity contribution is -0.0660. The van der Waals surface area contributed by atoms with Crippen molar-refractivity contribution in [2.24, 2.45) is 0 Å². The van der Waals surface area contributed by atoms with Crippen LogP contribution in [0.5, 0.6) is 0 Å². The minimum Gasteiger partial charge on any atom is -0.378 e. The van der Waals surface area contributed by atoms with Gasteiger partial charge in [0.2, 0.25) is 0 Å². The molecule has 2 saturated heterocycles. The molecule has 6 rings (SSSR count). The molecule has 0 spiro atoms. The summed E-state index contributed by atoms with van der Waals surface area (Å²) in [5.74, 6) is -0.134. The second-order valence-electron chi connectivity index (χ2n) is 9.54. The Bertz CT molecular complexity index is 1340. The molecule has 1 amide bonds. The van der Waals surface area contributed by atoms with Gasteiger partial charge in [0, 0.05) is 54.6 Å². The largest absolute Gasteiger partial charge is 0.378 e. The highest BCUT2D eigenvalue weighted by molar-refractivity contribution is 6.01. The number of nitrogens with one attached hydrogen (secondary N) is 2. The maximum absolute atomic E-state index is 13.0. The van der Waals surface area contributed by atoms with Crippen molar-refractivity contribution >= 4 is 22.5 Å². The molecule has 2 aliphatic heterocycles. The fourth-order valence-corrected chi connectivity index (χ4v) is 4.97. The van der Waals surface area contributed by atoms with Crippen molar-refractivity contribution in [3.63, 3.8) is 0 Å².